The molecule has 0 aliphatic rings. The van der Waals surface area contributed by atoms with Gasteiger partial charge in [0.1, 0.15) is 11.3 Å². The van der Waals surface area contributed by atoms with Crippen molar-refractivity contribution in [3.63, 3.8) is 0 Å². The number of benzene rings is 1. The zero-order chi connectivity index (χ0) is 14.4. The van der Waals surface area contributed by atoms with Gasteiger partial charge in [-0.05, 0) is 24.3 Å². The molecule has 4 aromatic rings. The van der Waals surface area contributed by atoms with E-state index in [-0.39, 0.29) is 5.56 Å². The SMILES string of the molecule is O=C(O)c1ccc2c(ccn2-c2cc3nccnc3[nH]2)c1. The maximum Gasteiger partial charge on any atom is 0.335 e. The Bertz CT molecular complexity index is 951. The largest absolute Gasteiger partial charge is 0.478 e. The van der Waals surface area contributed by atoms with Gasteiger partial charge in [0.05, 0.1) is 11.1 Å². The summed E-state index contributed by atoms with van der Waals surface area (Å²) in [5.41, 5.74) is 2.71. The summed E-state index contributed by atoms with van der Waals surface area (Å²) in [6.07, 6.45) is 5.17. The van der Waals surface area contributed by atoms with Crippen LogP contribution in [-0.2, 0) is 0 Å². The second kappa shape index (κ2) is 4.17. The van der Waals surface area contributed by atoms with E-state index in [1.165, 1.54) is 0 Å². The lowest BCUT2D eigenvalue weighted by Crippen LogP contribution is -1.96. The molecule has 3 heterocycles. The highest BCUT2D eigenvalue weighted by Crippen LogP contribution is 2.23. The molecule has 6 heteroatoms. The lowest BCUT2D eigenvalue weighted by molar-refractivity contribution is 0.0697. The maximum absolute atomic E-state index is 11.0. The van der Waals surface area contributed by atoms with Crippen molar-refractivity contribution in [2.75, 3.05) is 0 Å². The zero-order valence-corrected chi connectivity index (χ0v) is 10.8. The van der Waals surface area contributed by atoms with E-state index in [9.17, 15) is 4.79 Å². The first-order valence-corrected chi connectivity index (χ1v) is 6.37. The van der Waals surface area contributed by atoms with Crippen molar-refractivity contribution in [1.82, 2.24) is 19.5 Å². The van der Waals surface area contributed by atoms with Crippen molar-refractivity contribution >= 4 is 28.0 Å². The first kappa shape index (κ1) is 11.7. The third-order valence-electron chi connectivity index (χ3n) is 3.44. The molecular weight excluding hydrogens is 268 g/mol. The number of hydrogen-bond acceptors (Lipinski definition) is 3. The van der Waals surface area contributed by atoms with Gasteiger partial charge in [0.2, 0.25) is 0 Å². The number of carbonyl (C=O) groups is 1. The third kappa shape index (κ3) is 1.77. The summed E-state index contributed by atoms with van der Waals surface area (Å²) in [7, 11) is 0. The highest BCUT2D eigenvalue weighted by atomic mass is 16.4. The Morgan fingerprint density at radius 3 is 2.81 bits per heavy atom. The summed E-state index contributed by atoms with van der Waals surface area (Å²) in [5, 5.41) is 9.90. The number of hydrogen-bond donors (Lipinski definition) is 2. The number of aromatic amines is 1. The van der Waals surface area contributed by atoms with Crippen LogP contribution < -0.4 is 0 Å². The summed E-state index contributed by atoms with van der Waals surface area (Å²) in [4.78, 5) is 22.7. The summed E-state index contributed by atoms with van der Waals surface area (Å²) in [6.45, 7) is 0. The number of carboxylic acids is 1. The number of fused-ring (bicyclic) bond motifs is 2. The normalized spacial score (nSPS) is 11.2. The number of carboxylic acid groups (broad SMARTS) is 1. The first-order chi connectivity index (χ1) is 10.2. The van der Waals surface area contributed by atoms with Crippen LogP contribution in [0.5, 0.6) is 0 Å². The topological polar surface area (TPSA) is 83.8 Å². The average Bonchev–Trinajstić information content (AvgIpc) is 3.09. The average molecular weight is 278 g/mol. The van der Waals surface area contributed by atoms with Gasteiger partial charge in [-0.2, -0.15) is 0 Å². The number of nitrogens with zero attached hydrogens (tertiary/aromatic N) is 3. The van der Waals surface area contributed by atoms with Crippen molar-refractivity contribution in [2.24, 2.45) is 0 Å². The fourth-order valence-electron chi connectivity index (χ4n) is 2.45. The number of nitrogens with one attached hydrogen (secondary N) is 1. The van der Waals surface area contributed by atoms with Crippen molar-refractivity contribution in [1.29, 1.82) is 0 Å². The molecular formula is C15H10N4O2. The summed E-state index contributed by atoms with van der Waals surface area (Å²) < 4.78 is 1.95. The van der Waals surface area contributed by atoms with Gasteiger partial charge in [0.25, 0.3) is 0 Å². The quantitative estimate of drug-likeness (QED) is 0.590. The lowest BCUT2D eigenvalue weighted by atomic mass is 10.1. The zero-order valence-electron chi connectivity index (χ0n) is 10.8. The highest BCUT2D eigenvalue weighted by Gasteiger charge is 2.10. The molecule has 0 amide bonds. The molecule has 0 bridgehead atoms. The Labute approximate surface area is 118 Å². The van der Waals surface area contributed by atoms with Crippen molar-refractivity contribution in [3.05, 3.63) is 54.5 Å². The van der Waals surface area contributed by atoms with Crippen molar-refractivity contribution in [3.8, 4) is 5.82 Å². The minimum Gasteiger partial charge on any atom is -0.478 e. The van der Waals surface area contributed by atoms with Crippen molar-refractivity contribution < 1.29 is 9.90 Å². The predicted molar refractivity (Wildman–Crippen MR) is 77.7 cm³/mol. The lowest BCUT2D eigenvalue weighted by Gasteiger charge is -2.02. The predicted octanol–water partition coefficient (Wildman–Crippen LogP) is 2.60. The molecule has 0 aliphatic carbocycles. The van der Waals surface area contributed by atoms with Crippen LogP contribution in [0.3, 0.4) is 0 Å². The van der Waals surface area contributed by atoms with E-state index in [1.54, 1.807) is 30.6 Å². The van der Waals surface area contributed by atoms with Gasteiger partial charge in [-0.15, -0.1) is 0 Å². The number of aromatic carboxylic acids is 1. The van der Waals surface area contributed by atoms with Gasteiger partial charge in [0.15, 0.2) is 5.65 Å². The number of aromatic nitrogens is 4. The second-order valence-corrected chi connectivity index (χ2v) is 4.71. The van der Waals surface area contributed by atoms with Crippen LogP contribution in [0.15, 0.2) is 48.9 Å². The third-order valence-corrected chi connectivity index (χ3v) is 3.44. The molecule has 0 unspecified atom stereocenters. The summed E-state index contributed by atoms with van der Waals surface area (Å²) in [6, 6.07) is 8.85. The number of H-pyrrole nitrogens is 1. The van der Waals surface area contributed by atoms with Gasteiger partial charge in [-0.1, -0.05) is 0 Å². The Kier molecular flexibility index (Phi) is 2.32. The van der Waals surface area contributed by atoms with E-state index in [0.29, 0.717) is 0 Å². The molecule has 0 radical (unpaired) electrons. The van der Waals surface area contributed by atoms with Crippen LogP contribution in [0.1, 0.15) is 10.4 Å². The van der Waals surface area contributed by atoms with Gasteiger partial charge >= 0.3 is 5.97 Å². The van der Waals surface area contributed by atoms with Crippen LogP contribution in [0, 0.1) is 0 Å². The van der Waals surface area contributed by atoms with Crippen LogP contribution in [0.4, 0.5) is 0 Å². The van der Waals surface area contributed by atoms with E-state index in [4.69, 9.17) is 5.11 Å². The smallest absolute Gasteiger partial charge is 0.335 e. The minimum absolute atomic E-state index is 0.278. The molecule has 6 nitrogen and oxygen atoms in total. The van der Waals surface area contributed by atoms with Crippen LogP contribution in [0.2, 0.25) is 0 Å². The van der Waals surface area contributed by atoms with Gasteiger partial charge in [-0.25, -0.2) is 9.78 Å². The Morgan fingerprint density at radius 1 is 1.14 bits per heavy atom. The standard InChI is InChI=1S/C15H10N4O2/c20-15(21)10-1-2-12-9(7-10)3-6-19(12)13-8-11-14(18-13)17-5-4-16-11/h1-8H,(H,17,18)(H,20,21). The van der Waals surface area contributed by atoms with Crippen LogP contribution in [0.25, 0.3) is 27.9 Å². The van der Waals surface area contributed by atoms with E-state index in [0.717, 1.165) is 27.9 Å². The summed E-state index contributed by atoms with van der Waals surface area (Å²) in [5.74, 6) is -0.0852. The van der Waals surface area contributed by atoms with E-state index in [1.807, 2.05) is 22.9 Å². The molecule has 0 saturated heterocycles. The molecule has 1 aromatic carbocycles. The molecule has 0 atom stereocenters. The molecule has 4 rings (SSSR count). The Balaban J connectivity index is 1.92. The Hall–Kier alpha value is -3.15. The van der Waals surface area contributed by atoms with Gasteiger partial charge in [-0.3, -0.25) is 4.98 Å². The van der Waals surface area contributed by atoms with E-state index < -0.39 is 5.97 Å². The van der Waals surface area contributed by atoms with E-state index in [2.05, 4.69) is 15.0 Å². The van der Waals surface area contributed by atoms with Gasteiger partial charge < -0.3 is 14.7 Å². The molecule has 102 valence electrons. The fraction of sp³-hybridized carbons (Fsp3) is 0. The molecule has 0 aliphatic heterocycles. The van der Waals surface area contributed by atoms with Crippen LogP contribution >= 0.6 is 0 Å². The fourth-order valence-corrected chi connectivity index (χ4v) is 2.45. The maximum atomic E-state index is 11.0. The molecule has 3 aromatic heterocycles. The van der Waals surface area contributed by atoms with Gasteiger partial charge in [0, 0.05) is 30.0 Å². The van der Waals surface area contributed by atoms with E-state index >= 15 is 0 Å². The molecule has 0 fully saturated rings. The summed E-state index contributed by atoms with van der Waals surface area (Å²) >= 11 is 0. The molecule has 0 spiro atoms. The second-order valence-electron chi connectivity index (χ2n) is 4.71. The van der Waals surface area contributed by atoms with Crippen LogP contribution in [-0.4, -0.2) is 30.6 Å². The number of rotatable bonds is 2. The monoisotopic (exact) mass is 278 g/mol. The first-order valence-electron chi connectivity index (χ1n) is 6.37. The Morgan fingerprint density at radius 2 is 2.00 bits per heavy atom. The van der Waals surface area contributed by atoms with Crippen molar-refractivity contribution in [2.45, 2.75) is 0 Å². The molecule has 21 heavy (non-hydrogen) atoms. The minimum atomic E-state index is -0.927. The molecule has 0 saturated carbocycles. The highest BCUT2D eigenvalue weighted by molar-refractivity contribution is 5.94. The molecule has 2 N–H and O–H groups in total.